The summed E-state index contributed by atoms with van der Waals surface area (Å²) < 4.78 is 0. The minimum absolute atomic E-state index is 0.0511. The van der Waals surface area contributed by atoms with Crippen LogP contribution in [0.5, 0.6) is 0 Å². The third-order valence-electron chi connectivity index (χ3n) is 5.35. The maximum absolute atomic E-state index is 12.9. The quantitative estimate of drug-likeness (QED) is 0.540. The number of para-hydroxylation sites is 2. The number of nitrogens with zero attached hydrogens (tertiary/aromatic N) is 5. The number of likely N-dealkylation sites (tertiary alicyclic amines) is 1. The molecule has 0 unspecified atom stereocenters. The van der Waals surface area contributed by atoms with Gasteiger partial charge in [0.1, 0.15) is 5.69 Å². The topological polar surface area (TPSA) is 71.9 Å². The standard InChI is InChI=1S/C22H19N5O/c28-22(20-14-24-18-5-1-2-6-19(18)25-20)27-12-9-15(10-13-27)17-8-7-16-4-3-11-23-21(16)26-17/h1-8,11,14-15H,9-10,12-13H2. The van der Waals surface area contributed by atoms with Gasteiger partial charge in [0.05, 0.1) is 17.2 Å². The fourth-order valence-corrected chi connectivity index (χ4v) is 3.80. The molecule has 5 rings (SSSR count). The number of benzene rings is 1. The van der Waals surface area contributed by atoms with Crippen molar-refractivity contribution in [3.63, 3.8) is 0 Å². The molecule has 0 radical (unpaired) electrons. The highest BCUT2D eigenvalue weighted by Crippen LogP contribution is 2.28. The highest BCUT2D eigenvalue weighted by atomic mass is 16.2. The molecule has 6 nitrogen and oxygen atoms in total. The van der Waals surface area contributed by atoms with Crippen molar-refractivity contribution in [3.05, 3.63) is 72.3 Å². The molecular weight excluding hydrogens is 350 g/mol. The van der Waals surface area contributed by atoms with Crippen molar-refractivity contribution in [2.45, 2.75) is 18.8 Å². The third kappa shape index (κ3) is 3.07. The van der Waals surface area contributed by atoms with Crippen LogP contribution in [0, 0.1) is 0 Å². The lowest BCUT2D eigenvalue weighted by atomic mass is 9.92. The normalized spacial score (nSPS) is 15.2. The molecule has 6 heteroatoms. The van der Waals surface area contributed by atoms with Crippen molar-refractivity contribution in [1.82, 2.24) is 24.8 Å². The molecule has 4 heterocycles. The lowest BCUT2D eigenvalue weighted by Gasteiger charge is -2.31. The number of carbonyl (C=O) groups excluding carboxylic acids is 1. The lowest BCUT2D eigenvalue weighted by Crippen LogP contribution is -2.38. The minimum atomic E-state index is -0.0511. The van der Waals surface area contributed by atoms with Gasteiger partial charge in [0.15, 0.2) is 5.65 Å². The van der Waals surface area contributed by atoms with E-state index in [0.717, 1.165) is 40.6 Å². The highest BCUT2D eigenvalue weighted by molar-refractivity contribution is 5.93. The van der Waals surface area contributed by atoms with Gasteiger partial charge in [0.2, 0.25) is 0 Å². The molecule has 138 valence electrons. The molecule has 0 atom stereocenters. The number of amides is 1. The maximum atomic E-state index is 12.9. The van der Waals surface area contributed by atoms with E-state index in [4.69, 9.17) is 4.98 Å². The molecule has 0 N–H and O–H groups in total. The maximum Gasteiger partial charge on any atom is 0.274 e. The van der Waals surface area contributed by atoms with Crippen LogP contribution in [-0.2, 0) is 0 Å². The molecule has 0 spiro atoms. The Morgan fingerprint density at radius 3 is 2.57 bits per heavy atom. The first-order valence-corrected chi connectivity index (χ1v) is 9.51. The van der Waals surface area contributed by atoms with Crippen molar-refractivity contribution < 1.29 is 4.79 Å². The van der Waals surface area contributed by atoms with E-state index in [1.165, 1.54) is 0 Å². The van der Waals surface area contributed by atoms with E-state index in [0.29, 0.717) is 24.7 Å². The Morgan fingerprint density at radius 2 is 1.71 bits per heavy atom. The Bertz CT molecular complexity index is 1170. The van der Waals surface area contributed by atoms with Crippen LogP contribution in [0.2, 0.25) is 0 Å². The van der Waals surface area contributed by atoms with Gasteiger partial charge in [-0.15, -0.1) is 0 Å². The van der Waals surface area contributed by atoms with Crippen molar-refractivity contribution >= 4 is 28.0 Å². The number of pyridine rings is 2. The smallest absolute Gasteiger partial charge is 0.274 e. The summed E-state index contributed by atoms with van der Waals surface area (Å²) >= 11 is 0. The molecule has 28 heavy (non-hydrogen) atoms. The molecule has 4 aromatic rings. The van der Waals surface area contributed by atoms with Crippen LogP contribution in [0.1, 0.15) is 34.9 Å². The Hall–Kier alpha value is -3.41. The molecule has 1 fully saturated rings. The summed E-state index contributed by atoms with van der Waals surface area (Å²) in [7, 11) is 0. The fraction of sp³-hybridized carbons (Fsp3) is 0.227. The van der Waals surface area contributed by atoms with Gasteiger partial charge in [0.25, 0.3) is 5.91 Å². The Morgan fingerprint density at radius 1 is 0.893 bits per heavy atom. The van der Waals surface area contributed by atoms with Crippen LogP contribution in [0.15, 0.2) is 60.9 Å². The van der Waals surface area contributed by atoms with E-state index in [1.54, 1.807) is 12.4 Å². The summed E-state index contributed by atoms with van der Waals surface area (Å²) in [5.74, 6) is 0.294. The zero-order valence-corrected chi connectivity index (χ0v) is 15.3. The summed E-state index contributed by atoms with van der Waals surface area (Å²) in [6.07, 6.45) is 5.12. The summed E-state index contributed by atoms with van der Waals surface area (Å²) in [5.41, 5.74) is 3.80. The van der Waals surface area contributed by atoms with Gasteiger partial charge < -0.3 is 4.90 Å². The van der Waals surface area contributed by atoms with Crippen molar-refractivity contribution in [3.8, 4) is 0 Å². The molecule has 0 saturated carbocycles. The van der Waals surface area contributed by atoms with Crippen LogP contribution >= 0.6 is 0 Å². The van der Waals surface area contributed by atoms with E-state index in [2.05, 4.69) is 27.1 Å². The summed E-state index contributed by atoms with van der Waals surface area (Å²) in [5, 5.41) is 1.05. The number of carbonyl (C=O) groups is 1. The van der Waals surface area contributed by atoms with Crippen molar-refractivity contribution in [2.75, 3.05) is 13.1 Å². The van der Waals surface area contributed by atoms with Gasteiger partial charge in [-0.3, -0.25) is 9.78 Å². The van der Waals surface area contributed by atoms with Gasteiger partial charge >= 0.3 is 0 Å². The highest BCUT2D eigenvalue weighted by Gasteiger charge is 2.26. The van der Waals surface area contributed by atoms with E-state index in [1.807, 2.05) is 41.3 Å². The Kier molecular flexibility index (Phi) is 4.16. The molecule has 1 aromatic carbocycles. The Labute approximate surface area is 162 Å². The van der Waals surface area contributed by atoms with Gasteiger partial charge in [-0.1, -0.05) is 12.1 Å². The molecule has 1 aliphatic heterocycles. The van der Waals surface area contributed by atoms with E-state index in [-0.39, 0.29) is 5.91 Å². The largest absolute Gasteiger partial charge is 0.337 e. The van der Waals surface area contributed by atoms with Gasteiger partial charge in [-0.2, -0.15) is 0 Å². The van der Waals surface area contributed by atoms with Gasteiger partial charge in [-0.05, 0) is 49.2 Å². The number of hydrogen-bond acceptors (Lipinski definition) is 5. The third-order valence-corrected chi connectivity index (χ3v) is 5.35. The Balaban J connectivity index is 1.30. The first-order chi connectivity index (χ1) is 13.8. The zero-order valence-electron chi connectivity index (χ0n) is 15.3. The molecule has 0 bridgehead atoms. The van der Waals surface area contributed by atoms with Crippen molar-refractivity contribution in [2.24, 2.45) is 0 Å². The van der Waals surface area contributed by atoms with Crippen LogP contribution in [0.4, 0.5) is 0 Å². The zero-order chi connectivity index (χ0) is 18.9. The minimum Gasteiger partial charge on any atom is -0.337 e. The lowest BCUT2D eigenvalue weighted by molar-refractivity contribution is 0.0706. The molecule has 0 aliphatic carbocycles. The van der Waals surface area contributed by atoms with Gasteiger partial charge in [-0.25, -0.2) is 15.0 Å². The molecule has 1 saturated heterocycles. The predicted molar refractivity (Wildman–Crippen MR) is 107 cm³/mol. The van der Waals surface area contributed by atoms with Crippen LogP contribution < -0.4 is 0 Å². The molecular formula is C22H19N5O. The number of rotatable bonds is 2. The van der Waals surface area contributed by atoms with Crippen molar-refractivity contribution in [1.29, 1.82) is 0 Å². The monoisotopic (exact) mass is 369 g/mol. The first-order valence-electron chi connectivity index (χ1n) is 9.51. The number of aromatic nitrogens is 4. The van der Waals surface area contributed by atoms with Crippen LogP contribution in [-0.4, -0.2) is 43.8 Å². The second-order valence-corrected chi connectivity index (χ2v) is 7.10. The molecule has 1 aliphatic rings. The molecule has 1 amide bonds. The van der Waals surface area contributed by atoms with E-state index < -0.39 is 0 Å². The van der Waals surface area contributed by atoms with Gasteiger partial charge in [0, 0.05) is 36.3 Å². The van der Waals surface area contributed by atoms with E-state index in [9.17, 15) is 4.79 Å². The number of hydrogen-bond donors (Lipinski definition) is 0. The average molecular weight is 369 g/mol. The average Bonchev–Trinajstić information content (AvgIpc) is 2.78. The van der Waals surface area contributed by atoms with E-state index >= 15 is 0 Å². The SMILES string of the molecule is O=C(c1cnc2ccccc2n1)N1CCC(c2ccc3cccnc3n2)CC1. The summed E-state index contributed by atoms with van der Waals surface area (Å²) in [6.45, 7) is 1.39. The summed E-state index contributed by atoms with van der Waals surface area (Å²) in [4.78, 5) is 32.7. The second-order valence-electron chi connectivity index (χ2n) is 7.10. The summed E-state index contributed by atoms with van der Waals surface area (Å²) in [6, 6.07) is 15.7. The first kappa shape index (κ1) is 16.7. The fourth-order valence-electron chi connectivity index (χ4n) is 3.80. The molecule has 3 aromatic heterocycles. The van der Waals surface area contributed by atoms with Crippen LogP contribution in [0.3, 0.4) is 0 Å². The predicted octanol–water partition coefficient (Wildman–Crippen LogP) is 3.59. The number of piperidine rings is 1. The second kappa shape index (κ2) is 6.96. The number of fused-ring (bicyclic) bond motifs is 2. The van der Waals surface area contributed by atoms with Crippen LogP contribution in [0.25, 0.3) is 22.1 Å².